The number of fused-ring (bicyclic) bond motifs is 1. The normalized spacial score (nSPS) is 24.0. The van der Waals surface area contributed by atoms with Gasteiger partial charge >= 0.3 is 0 Å². The highest BCUT2D eigenvalue weighted by atomic mass is 32.1. The molecule has 134 valence electrons. The molecular weight excluding hydrogens is 332 g/mol. The Bertz CT molecular complexity index is 722. The van der Waals surface area contributed by atoms with Crippen molar-refractivity contribution < 1.29 is 4.79 Å². The van der Waals surface area contributed by atoms with Crippen LogP contribution in [-0.4, -0.2) is 46.0 Å². The molecule has 2 aliphatic rings. The molecule has 0 unspecified atom stereocenters. The number of nitrogens with one attached hydrogen (secondary N) is 1. The highest BCUT2D eigenvalue weighted by Crippen LogP contribution is 2.30. The van der Waals surface area contributed by atoms with Gasteiger partial charge in [0, 0.05) is 25.0 Å². The molecule has 2 saturated heterocycles. The molecular formula is C19H26N4OS. The SMILES string of the molecule is Cc1nc(-n2cccc2)sc1C(=O)NC[C@@H]1CCCN2CCCC[C@@H]12. The Kier molecular flexibility index (Phi) is 4.90. The van der Waals surface area contributed by atoms with E-state index < -0.39 is 0 Å². The number of rotatable bonds is 4. The molecule has 2 aliphatic heterocycles. The first-order valence-electron chi connectivity index (χ1n) is 9.35. The summed E-state index contributed by atoms with van der Waals surface area (Å²) >= 11 is 1.46. The summed E-state index contributed by atoms with van der Waals surface area (Å²) in [6.07, 6.45) is 10.4. The fraction of sp³-hybridized carbons (Fsp3) is 0.579. The monoisotopic (exact) mass is 358 g/mol. The molecule has 4 rings (SSSR count). The van der Waals surface area contributed by atoms with Gasteiger partial charge in [-0.2, -0.15) is 0 Å². The molecule has 1 N–H and O–H groups in total. The Morgan fingerprint density at radius 2 is 2.04 bits per heavy atom. The molecule has 2 aromatic heterocycles. The average molecular weight is 359 g/mol. The van der Waals surface area contributed by atoms with Gasteiger partial charge < -0.3 is 14.8 Å². The van der Waals surface area contributed by atoms with E-state index in [-0.39, 0.29) is 5.91 Å². The minimum Gasteiger partial charge on any atom is -0.351 e. The highest BCUT2D eigenvalue weighted by Gasteiger charge is 2.33. The summed E-state index contributed by atoms with van der Waals surface area (Å²) in [4.78, 5) is 20.6. The van der Waals surface area contributed by atoms with Crippen molar-refractivity contribution >= 4 is 17.2 Å². The molecule has 25 heavy (non-hydrogen) atoms. The Morgan fingerprint density at radius 1 is 1.24 bits per heavy atom. The summed E-state index contributed by atoms with van der Waals surface area (Å²) in [5.41, 5.74) is 0.814. The molecule has 0 spiro atoms. The van der Waals surface area contributed by atoms with Crippen molar-refractivity contribution in [2.45, 2.75) is 45.1 Å². The van der Waals surface area contributed by atoms with Crippen molar-refractivity contribution in [3.8, 4) is 5.13 Å². The van der Waals surface area contributed by atoms with E-state index in [2.05, 4.69) is 15.2 Å². The minimum atomic E-state index is 0.0290. The van der Waals surface area contributed by atoms with E-state index in [1.807, 2.05) is 36.0 Å². The third-order valence-electron chi connectivity index (χ3n) is 5.57. The van der Waals surface area contributed by atoms with Crippen LogP contribution in [-0.2, 0) is 0 Å². The molecule has 0 bridgehead atoms. The lowest BCUT2D eigenvalue weighted by Crippen LogP contribution is -2.50. The summed E-state index contributed by atoms with van der Waals surface area (Å²) in [5, 5.41) is 4.05. The summed E-state index contributed by atoms with van der Waals surface area (Å²) in [6.45, 7) is 5.19. The lowest BCUT2D eigenvalue weighted by Gasteiger charge is -2.44. The van der Waals surface area contributed by atoms with Gasteiger partial charge in [-0.3, -0.25) is 4.79 Å². The molecule has 2 atom stereocenters. The van der Waals surface area contributed by atoms with E-state index in [9.17, 15) is 4.79 Å². The number of thiazole rings is 1. The van der Waals surface area contributed by atoms with Crippen molar-refractivity contribution in [1.29, 1.82) is 0 Å². The molecule has 4 heterocycles. The first-order chi connectivity index (χ1) is 12.2. The standard InChI is InChI=1S/C19H26N4OS/c1-14-17(25-19(21-14)23-10-4-5-11-23)18(24)20-13-15-7-6-12-22-9-3-2-8-16(15)22/h4-5,10-11,15-16H,2-3,6-9,12-13H2,1H3,(H,20,24)/t15-,16-/m0/s1. The van der Waals surface area contributed by atoms with Crippen LogP contribution in [0.4, 0.5) is 0 Å². The average Bonchev–Trinajstić information content (AvgIpc) is 3.29. The van der Waals surface area contributed by atoms with Crippen molar-refractivity contribution in [2.24, 2.45) is 5.92 Å². The van der Waals surface area contributed by atoms with E-state index in [1.54, 1.807) is 0 Å². The van der Waals surface area contributed by atoms with Crippen LogP contribution in [0.1, 0.15) is 47.5 Å². The zero-order valence-electron chi connectivity index (χ0n) is 14.8. The lowest BCUT2D eigenvalue weighted by atomic mass is 9.83. The number of hydrogen-bond donors (Lipinski definition) is 1. The number of aryl methyl sites for hydroxylation is 1. The van der Waals surface area contributed by atoms with Gasteiger partial charge in [-0.05, 0) is 63.7 Å². The van der Waals surface area contributed by atoms with Crippen LogP contribution in [0.25, 0.3) is 5.13 Å². The molecule has 2 aromatic rings. The second-order valence-corrected chi connectivity index (χ2v) is 8.19. The van der Waals surface area contributed by atoms with Gasteiger partial charge in [-0.25, -0.2) is 4.98 Å². The maximum Gasteiger partial charge on any atom is 0.263 e. The van der Waals surface area contributed by atoms with Crippen molar-refractivity contribution in [1.82, 2.24) is 19.8 Å². The van der Waals surface area contributed by atoms with E-state index in [0.717, 1.165) is 22.2 Å². The topological polar surface area (TPSA) is 50.2 Å². The summed E-state index contributed by atoms with van der Waals surface area (Å²) in [7, 11) is 0. The predicted octanol–water partition coefficient (Wildman–Crippen LogP) is 3.24. The van der Waals surface area contributed by atoms with Gasteiger partial charge in [-0.15, -0.1) is 0 Å². The predicted molar refractivity (Wildman–Crippen MR) is 100 cm³/mol. The molecule has 0 aliphatic carbocycles. The van der Waals surface area contributed by atoms with Crippen LogP contribution < -0.4 is 5.32 Å². The second-order valence-electron chi connectivity index (χ2n) is 7.21. The zero-order chi connectivity index (χ0) is 17.2. The molecule has 1 amide bonds. The zero-order valence-corrected chi connectivity index (χ0v) is 15.6. The van der Waals surface area contributed by atoms with E-state index >= 15 is 0 Å². The number of piperidine rings is 2. The second kappa shape index (κ2) is 7.30. The number of carbonyl (C=O) groups is 1. The number of nitrogens with zero attached hydrogens (tertiary/aromatic N) is 3. The summed E-state index contributed by atoms with van der Waals surface area (Å²) in [6, 6.07) is 4.60. The number of aromatic nitrogens is 2. The Balaban J connectivity index is 1.40. The summed E-state index contributed by atoms with van der Waals surface area (Å²) in [5.74, 6) is 0.622. The van der Waals surface area contributed by atoms with Crippen molar-refractivity contribution in [3.05, 3.63) is 35.1 Å². The number of amides is 1. The molecule has 0 saturated carbocycles. The van der Waals surface area contributed by atoms with Crippen LogP contribution in [0.5, 0.6) is 0 Å². The van der Waals surface area contributed by atoms with Crippen LogP contribution in [0.15, 0.2) is 24.5 Å². The third-order valence-corrected chi connectivity index (χ3v) is 6.74. The molecule has 2 fully saturated rings. The van der Waals surface area contributed by atoms with Crippen LogP contribution in [0, 0.1) is 12.8 Å². The van der Waals surface area contributed by atoms with Gasteiger partial charge in [-0.1, -0.05) is 17.8 Å². The lowest BCUT2D eigenvalue weighted by molar-refractivity contribution is 0.0576. The van der Waals surface area contributed by atoms with Gasteiger partial charge in [0.2, 0.25) is 0 Å². The smallest absolute Gasteiger partial charge is 0.263 e. The van der Waals surface area contributed by atoms with Gasteiger partial charge in [0.1, 0.15) is 4.88 Å². The van der Waals surface area contributed by atoms with Crippen LogP contribution in [0.3, 0.4) is 0 Å². The Labute approximate surface area is 153 Å². The first kappa shape index (κ1) is 16.8. The van der Waals surface area contributed by atoms with Gasteiger partial charge in [0.15, 0.2) is 5.13 Å². The number of hydrogen-bond acceptors (Lipinski definition) is 4. The maximum absolute atomic E-state index is 12.7. The van der Waals surface area contributed by atoms with E-state index in [1.165, 1.54) is 56.5 Å². The summed E-state index contributed by atoms with van der Waals surface area (Å²) < 4.78 is 1.95. The molecule has 0 radical (unpaired) electrons. The van der Waals surface area contributed by atoms with E-state index in [0.29, 0.717) is 12.0 Å². The molecule has 5 nitrogen and oxygen atoms in total. The number of carbonyl (C=O) groups excluding carboxylic acids is 1. The fourth-order valence-corrected chi connectivity index (χ4v) is 5.24. The van der Waals surface area contributed by atoms with Crippen LogP contribution in [0.2, 0.25) is 0 Å². The minimum absolute atomic E-state index is 0.0290. The Hall–Kier alpha value is -1.66. The Morgan fingerprint density at radius 3 is 2.88 bits per heavy atom. The maximum atomic E-state index is 12.7. The first-order valence-corrected chi connectivity index (χ1v) is 10.2. The largest absolute Gasteiger partial charge is 0.351 e. The van der Waals surface area contributed by atoms with Crippen molar-refractivity contribution in [2.75, 3.05) is 19.6 Å². The quantitative estimate of drug-likeness (QED) is 0.913. The fourth-order valence-electron chi connectivity index (χ4n) is 4.28. The highest BCUT2D eigenvalue weighted by molar-refractivity contribution is 7.16. The van der Waals surface area contributed by atoms with Gasteiger partial charge in [0.05, 0.1) is 5.69 Å². The molecule has 0 aromatic carbocycles. The van der Waals surface area contributed by atoms with E-state index in [4.69, 9.17) is 0 Å². The van der Waals surface area contributed by atoms with Crippen LogP contribution >= 0.6 is 11.3 Å². The molecule has 6 heteroatoms. The third kappa shape index (κ3) is 3.51. The van der Waals surface area contributed by atoms with Gasteiger partial charge in [0.25, 0.3) is 5.91 Å². The van der Waals surface area contributed by atoms with Crippen molar-refractivity contribution in [3.63, 3.8) is 0 Å².